The van der Waals surface area contributed by atoms with Crippen LogP contribution in [0.4, 0.5) is 0 Å². The average molecular weight is 589 g/mol. The second-order valence-corrected chi connectivity index (χ2v) is 5.91. The second kappa shape index (κ2) is 24.0. The van der Waals surface area contributed by atoms with E-state index in [0.29, 0.717) is 25.9 Å². The third-order valence-corrected chi connectivity index (χ3v) is 3.48. The van der Waals surface area contributed by atoms with Gasteiger partial charge < -0.3 is 35.1 Å². The molecule has 0 atom stereocenters. The van der Waals surface area contributed by atoms with Gasteiger partial charge in [-0.15, -0.1) is 13.1 Å². The first-order valence-corrected chi connectivity index (χ1v) is 9.28. The second-order valence-electron chi connectivity index (χ2n) is 5.49. The topological polar surface area (TPSA) is 49.4 Å². The van der Waals surface area contributed by atoms with Gasteiger partial charge in [-0.1, -0.05) is 66.2 Å². The molecule has 2 aromatic carbocycles. The molecule has 0 aliphatic heterocycles. The van der Waals surface area contributed by atoms with E-state index < -0.39 is 0 Å². The van der Waals surface area contributed by atoms with Gasteiger partial charge in [0.2, 0.25) is 5.24 Å². The van der Waals surface area contributed by atoms with Gasteiger partial charge in [-0.3, -0.25) is 11.4 Å². The van der Waals surface area contributed by atoms with Crippen molar-refractivity contribution in [3.05, 3.63) is 111 Å². The summed E-state index contributed by atoms with van der Waals surface area (Å²) < 4.78 is 0. The van der Waals surface area contributed by atoms with Crippen LogP contribution < -0.4 is 5.32 Å². The Kier molecular flexibility index (Phi) is 27.1. The van der Waals surface area contributed by atoms with Gasteiger partial charge >= 0.3 is 0 Å². The minimum Gasteiger partial charge on any atom is -0.592 e. The molecule has 2 radical (unpaired) electrons. The maximum absolute atomic E-state index is 11.6. The average Bonchev–Trinajstić information content (AvgIpc) is 2.71. The van der Waals surface area contributed by atoms with Crippen LogP contribution in [0.1, 0.15) is 11.1 Å². The maximum Gasteiger partial charge on any atom is 0.226 e. The van der Waals surface area contributed by atoms with Crippen LogP contribution in [0.2, 0.25) is 0 Å². The number of carbonyl (C=O) groups excluding carboxylic acids is 2. The fourth-order valence-corrected chi connectivity index (χ4v) is 2.16. The van der Waals surface area contributed by atoms with Crippen LogP contribution >= 0.6 is 11.6 Å². The first-order valence-electron chi connectivity index (χ1n) is 8.91. The van der Waals surface area contributed by atoms with E-state index in [4.69, 9.17) is 11.6 Å². The molecule has 31 heavy (non-hydrogen) atoms. The molecular weight excluding hydrogens is 562 g/mol. The SMILES string of the molecule is C=[C-]N(C[CH2-])C(=O)Cc1ccccc1.C=[C-]NC[CH2-].O=C(Cl)Cc1ccccc1.[Y].[Y]. The van der Waals surface area contributed by atoms with E-state index in [-0.39, 0.29) is 76.6 Å². The fourth-order valence-electron chi connectivity index (χ4n) is 2.00. The van der Waals surface area contributed by atoms with Crippen molar-refractivity contribution in [2.75, 3.05) is 13.1 Å². The number of nitrogens with zero attached hydrogens (tertiary/aromatic N) is 1. The van der Waals surface area contributed by atoms with Gasteiger partial charge in [-0.2, -0.15) is 12.8 Å². The smallest absolute Gasteiger partial charge is 0.226 e. The summed E-state index contributed by atoms with van der Waals surface area (Å²) in [6, 6.07) is 19.0. The summed E-state index contributed by atoms with van der Waals surface area (Å²) >= 11 is 5.17. The van der Waals surface area contributed by atoms with Crippen LogP contribution in [0.3, 0.4) is 0 Å². The molecule has 0 bridgehead atoms. The molecule has 1 amide bonds. The standard InChI is InChI=1S/C12H13NO.C8H7ClO.C4H7N.2Y/c1-3-13(4-2)12(14)10-11-8-6-5-7-9-11;9-8(10)6-7-4-2-1-3-5-7;1-3-5-4-2;;/h5-9H,1-3,10H2;1-5H,6H2;5H,1-3H2;;/q-2;;-2;;. The first-order chi connectivity index (χ1) is 14.0. The first kappa shape index (κ1) is 35.0. The maximum atomic E-state index is 11.6. The molecule has 4 nitrogen and oxygen atoms in total. The van der Waals surface area contributed by atoms with Crippen molar-refractivity contribution in [3.63, 3.8) is 0 Å². The van der Waals surface area contributed by atoms with Crippen LogP contribution in [0, 0.1) is 26.2 Å². The van der Waals surface area contributed by atoms with Crippen LogP contribution in [-0.4, -0.2) is 29.1 Å². The van der Waals surface area contributed by atoms with Crippen molar-refractivity contribution in [3.8, 4) is 0 Å². The zero-order valence-electron chi connectivity index (χ0n) is 17.7. The Labute approximate surface area is 242 Å². The molecule has 0 saturated carbocycles. The number of benzene rings is 2. The Hall–Kier alpha value is -0.642. The predicted molar refractivity (Wildman–Crippen MR) is 119 cm³/mol. The molecule has 0 unspecified atom stereocenters. The molecule has 0 aliphatic rings. The molecule has 0 heterocycles. The molecule has 162 valence electrons. The Balaban J connectivity index is -0.000000407. The third-order valence-electron chi connectivity index (χ3n) is 3.35. The van der Waals surface area contributed by atoms with Gasteiger partial charge in [0.15, 0.2) is 0 Å². The number of amides is 1. The summed E-state index contributed by atoms with van der Waals surface area (Å²) in [5, 5.41) is 2.33. The zero-order chi connectivity index (χ0) is 21.9. The van der Waals surface area contributed by atoms with Gasteiger partial charge in [-0.25, -0.2) is 0 Å². The van der Waals surface area contributed by atoms with Crippen LogP contribution in [-0.2, 0) is 87.8 Å². The van der Waals surface area contributed by atoms with Crippen molar-refractivity contribution in [2.24, 2.45) is 0 Å². The largest absolute Gasteiger partial charge is 0.592 e. The van der Waals surface area contributed by atoms with Gasteiger partial charge in [-0.05, 0) is 23.6 Å². The predicted octanol–water partition coefficient (Wildman–Crippen LogP) is 4.18. The minimum absolute atomic E-state index is 0. The molecule has 0 aliphatic carbocycles. The van der Waals surface area contributed by atoms with E-state index >= 15 is 0 Å². The van der Waals surface area contributed by atoms with Gasteiger partial charge in [0, 0.05) is 71.8 Å². The summed E-state index contributed by atoms with van der Waals surface area (Å²) in [7, 11) is 0. The molecule has 0 spiro atoms. The molecular formula is C24H27ClN2O2Y2-4. The number of carbonyl (C=O) groups is 2. The Bertz CT molecular complexity index is 729. The van der Waals surface area contributed by atoms with E-state index in [2.05, 4.69) is 44.7 Å². The summed E-state index contributed by atoms with van der Waals surface area (Å²) in [5.74, 6) is -0.0267. The molecule has 0 fully saturated rings. The molecule has 7 heteroatoms. The molecule has 1 N–H and O–H groups in total. The summed E-state index contributed by atoms with van der Waals surface area (Å²) in [4.78, 5) is 23.3. The van der Waals surface area contributed by atoms with E-state index in [0.717, 1.165) is 11.1 Å². The van der Waals surface area contributed by atoms with Crippen molar-refractivity contribution in [1.82, 2.24) is 10.2 Å². The number of hydrogen-bond acceptors (Lipinski definition) is 3. The van der Waals surface area contributed by atoms with Crippen molar-refractivity contribution in [2.45, 2.75) is 12.8 Å². The van der Waals surface area contributed by atoms with Gasteiger partial charge in [0.1, 0.15) is 0 Å². The summed E-state index contributed by atoms with van der Waals surface area (Å²) in [5.41, 5.74) is 1.95. The zero-order valence-corrected chi connectivity index (χ0v) is 24.2. The molecule has 0 aromatic heterocycles. The van der Waals surface area contributed by atoms with Crippen molar-refractivity contribution < 1.29 is 75.0 Å². The van der Waals surface area contributed by atoms with Gasteiger partial charge in [0.25, 0.3) is 0 Å². The summed E-state index contributed by atoms with van der Waals surface area (Å²) in [6.45, 7) is 14.8. The monoisotopic (exact) mass is 588 g/mol. The Morgan fingerprint density at radius 2 is 1.35 bits per heavy atom. The van der Waals surface area contributed by atoms with Crippen molar-refractivity contribution >= 4 is 22.8 Å². The van der Waals surface area contributed by atoms with E-state index in [1.54, 1.807) is 0 Å². The Morgan fingerprint density at radius 3 is 1.65 bits per heavy atom. The van der Waals surface area contributed by atoms with Crippen LogP contribution in [0.5, 0.6) is 0 Å². The quantitative estimate of drug-likeness (QED) is 0.286. The molecule has 2 aromatic rings. The fraction of sp³-hybridized carbons (Fsp3) is 0.167. The van der Waals surface area contributed by atoms with Gasteiger partial charge in [0.05, 0.1) is 5.91 Å². The van der Waals surface area contributed by atoms with Crippen molar-refractivity contribution in [1.29, 1.82) is 0 Å². The molecule has 2 rings (SSSR count). The third kappa shape index (κ3) is 19.7. The normalized spacial score (nSPS) is 8.35. The van der Waals surface area contributed by atoms with E-state index in [1.807, 2.05) is 60.7 Å². The van der Waals surface area contributed by atoms with Crippen LogP contribution in [0.25, 0.3) is 0 Å². The number of hydrogen-bond donors (Lipinski definition) is 1. The number of halogens is 1. The van der Waals surface area contributed by atoms with Crippen LogP contribution in [0.15, 0.2) is 73.8 Å². The number of nitrogens with one attached hydrogen (secondary N) is 1. The number of rotatable bonds is 8. The minimum atomic E-state index is -0.314. The molecule has 0 saturated heterocycles. The van der Waals surface area contributed by atoms with E-state index in [1.165, 1.54) is 4.90 Å². The summed E-state index contributed by atoms with van der Waals surface area (Å²) in [6.07, 6.45) is 5.69. The van der Waals surface area contributed by atoms with E-state index in [9.17, 15) is 9.59 Å². The Morgan fingerprint density at radius 1 is 0.903 bits per heavy atom.